The maximum absolute atomic E-state index is 13.2. The lowest BCUT2D eigenvalue weighted by Crippen LogP contribution is -2.34. The van der Waals surface area contributed by atoms with Gasteiger partial charge < -0.3 is 14.9 Å². The van der Waals surface area contributed by atoms with E-state index in [1.54, 1.807) is 29.2 Å². The second-order valence-corrected chi connectivity index (χ2v) is 10.3. The first-order valence-corrected chi connectivity index (χ1v) is 13.6. The average Bonchev–Trinajstić information content (AvgIpc) is 3.10. The summed E-state index contributed by atoms with van der Waals surface area (Å²) in [5, 5.41) is 11.7. The van der Waals surface area contributed by atoms with Crippen LogP contribution < -0.4 is 0 Å². The molecule has 0 saturated carbocycles. The lowest BCUT2D eigenvalue weighted by molar-refractivity contribution is -0.140. The highest BCUT2D eigenvalue weighted by Crippen LogP contribution is 2.40. The summed E-state index contributed by atoms with van der Waals surface area (Å²) >= 11 is 9.50. The number of benzene rings is 2. The Kier molecular flexibility index (Phi) is 10.4. The zero-order valence-corrected chi connectivity index (χ0v) is 22.8. The maximum Gasteiger partial charge on any atom is 0.295 e. The van der Waals surface area contributed by atoms with Crippen LogP contribution in [0.4, 0.5) is 0 Å². The molecule has 1 fully saturated rings. The third-order valence-electron chi connectivity index (χ3n) is 6.35. The predicted octanol–water partition coefficient (Wildman–Crippen LogP) is 6.82. The molecule has 35 heavy (non-hydrogen) atoms. The summed E-state index contributed by atoms with van der Waals surface area (Å²) < 4.78 is 0.845. The number of ketones is 1. The van der Waals surface area contributed by atoms with Crippen LogP contribution in [0.15, 0.2) is 58.6 Å². The molecule has 0 aromatic heterocycles. The highest BCUT2D eigenvalue weighted by Gasteiger charge is 2.45. The highest BCUT2D eigenvalue weighted by molar-refractivity contribution is 9.10. The van der Waals surface area contributed by atoms with Crippen LogP contribution in [-0.2, 0) is 9.59 Å². The van der Waals surface area contributed by atoms with Gasteiger partial charge in [-0.3, -0.25) is 9.59 Å². The largest absolute Gasteiger partial charge is 0.507 e. The molecule has 3 rings (SSSR count). The molecule has 1 N–H and O–H groups in total. The number of hydrogen-bond acceptors (Lipinski definition) is 4. The predicted molar refractivity (Wildman–Crippen MR) is 145 cm³/mol. The van der Waals surface area contributed by atoms with Gasteiger partial charge in [0.25, 0.3) is 11.7 Å². The zero-order chi connectivity index (χ0) is 25.4. The molecule has 1 saturated heterocycles. The van der Waals surface area contributed by atoms with Gasteiger partial charge in [-0.25, -0.2) is 0 Å². The number of unbranched alkanes of at least 4 members (excludes halogenated alkanes) is 2. The number of rotatable bonds is 12. The van der Waals surface area contributed by atoms with E-state index in [1.165, 1.54) is 0 Å². The SMILES string of the molecule is CCCCN(CCCC)CCCN1C(=O)C(=O)C(=C(O)c2ccc(Cl)cc2)[C@@H]1c1cccc(Br)c1. The molecular weight excluding hydrogens is 528 g/mol. The third-order valence-corrected chi connectivity index (χ3v) is 7.10. The number of likely N-dealkylation sites (tertiary alicyclic amines) is 1. The van der Waals surface area contributed by atoms with Crippen LogP contribution in [0.5, 0.6) is 0 Å². The Morgan fingerprint density at radius 2 is 1.63 bits per heavy atom. The van der Waals surface area contributed by atoms with Crippen molar-refractivity contribution in [3.05, 3.63) is 74.7 Å². The summed E-state index contributed by atoms with van der Waals surface area (Å²) in [5.41, 5.74) is 1.35. The van der Waals surface area contributed by atoms with Gasteiger partial charge in [-0.05, 0) is 80.9 Å². The van der Waals surface area contributed by atoms with E-state index in [1.807, 2.05) is 24.3 Å². The topological polar surface area (TPSA) is 60.9 Å². The van der Waals surface area contributed by atoms with Crippen molar-refractivity contribution in [2.24, 2.45) is 0 Å². The van der Waals surface area contributed by atoms with Crippen LogP contribution in [0.1, 0.15) is 63.1 Å². The van der Waals surface area contributed by atoms with Crippen molar-refractivity contribution in [1.29, 1.82) is 0 Å². The van der Waals surface area contributed by atoms with Gasteiger partial charge in [-0.1, -0.05) is 66.4 Å². The van der Waals surface area contributed by atoms with Crippen LogP contribution in [0, 0.1) is 0 Å². The van der Waals surface area contributed by atoms with E-state index >= 15 is 0 Å². The van der Waals surface area contributed by atoms with Gasteiger partial charge in [0.05, 0.1) is 11.6 Å². The van der Waals surface area contributed by atoms with E-state index in [0.29, 0.717) is 17.1 Å². The van der Waals surface area contributed by atoms with Gasteiger partial charge in [-0.15, -0.1) is 0 Å². The molecule has 2 aromatic carbocycles. The van der Waals surface area contributed by atoms with E-state index in [0.717, 1.165) is 61.8 Å². The van der Waals surface area contributed by atoms with Gasteiger partial charge in [0.2, 0.25) is 0 Å². The van der Waals surface area contributed by atoms with Gasteiger partial charge in [-0.2, -0.15) is 0 Å². The summed E-state index contributed by atoms with van der Waals surface area (Å²) in [6, 6.07) is 13.5. The number of aliphatic hydroxyl groups excluding tert-OH is 1. The smallest absolute Gasteiger partial charge is 0.295 e. The normalized spacial score (nSPS) is 17.5. The van der Waals surface area contributed by atoms with Crippen molar-refractivity contribution < 1.29 is 14.7 Å². The molecule has 0 bridgehead atoms. The lowest BCUT2D eigenvalue weighted by Gasteiger charge is -2.27. The summed E-state index contributed by atoms with van der Waals surface area (Å²) in [4.78, 5) is 30.4. The Balaban J connectivity index is 1.91. The minimum Gasteiger partial charge on any atom is -0.507 e. The molecule has 1 aliphatic rings. The Labute approximate surface area is 221 Å². The van der Waals surface area contributed by atoms with Crippen LogP contribution in [0.2, 0.25) is 5.02 Å². The molecule has 2 aromatic rings. The molecule has 0 unspecified atom stereocenters. The maximum atomic E-state index is 13.2. The van der Waals surface area contributed by atoms with Crippen molar-refractivity contribution in [2.45, 2.75) is 52.0 Å². The minimum absolute atomic E-state index is 0.115. The molecule has 0 aliphatic carbocycles. The van der Waals surface area contributed by atoms with Crippen molar-refractivity contribution in [3.8, 4) is 0 Å². The number of hydrogen-bond donors (Lipinski definition) is 1. The van der Waals surface area contributed by atoms with Crippen LogP contribution in [0.25, 0.3) is 5.76 Å². The molecule has 1 atom stereocenters. The Morgan fingerprint density at radius 1 is 1.00 bits per heavy atom. The molecule has 1 aliphatic heterocycles. The van der Waals surface area contributed by atoms with E-state index in [9.17, 15) is 14.7 Å². The molecule has 1 amide bonds. The fourth-order valence-corrected chi connectivity index (χ4v) is 5.00. The number of carbonyl (C=O) groups excluding carboxylic acids is 2. The number of Topliss-reactive ketones (excluding diaryl/α,β-unsaturated/α-hetero) is 1. The molecule has 5 nitrogen and oxygen atoms in total. The van der Waals surface area contributed by atoms with E-state index in [-0.39, 0.29) is 11.3 Å². The van der Waals surface area contributed by atoms with Crippen molar-refractivity contribution in [1.82, 2.24) is 9.80 Å². The molecular formula is C28H34BrClN2O3. The van der Waals surface area contributed by atoms with Crippen LogP contribution in [0.3, 0.4) is 0 Å². The van der Waals surface area contributed by atoms with Gasteiger partial charge in [0, 0.05) is 21.6 Å². The van der Waals surface area contributed by atoms with Crippen molar-refractivity contribution in [2.75, 3.05) is 26.2 Å². The Hall–Kier alpha value is -2.15. The number of halogens is 2. The van der Waals surface area contributed by atoms with E-state index < -0.39 is 17.7 Å². The lowest BCUT2D eigenvalue weighted by atomic mass is 9.95. The molecule has 7 heteroatoms. The first-order valence-electron chi connectivity index (χ1n) is 12.4. The van der Waals surface area contributed by atoms with Gasteiger partial charge in [0.1, 0.15) is 5.76 Å². The fourth-order valence-electron chi connectivity index (χ4n) is 4.46. The fraction of sp³-hybridized carbons (Fsp3) is 0.429. The minimum atomic E-state index is -0.656. The van der Waals surface area contributed by atoms with Gasteiger partial charge in [0.15, 0.2) is 0 Å². The first-order chi connectivity index (χ1) is 16.9. The molecule has 0 radical (unpaired) electrons. The van der Waals surface area contributed by atoms with Crippen molar-refractivity contribution >= 4 is 45.0 Å². The number of aliphatic hydroxyl groups is 1. The quantitative estimate of drug-likeness (QED) is 0.176. The number of nitrogens with zero attached hydrogens (tertiary/aromatic N) is 2. The second kappa shape index (κ2) is 13.2. The Bertz CT molecular complexity index is 1050. The van der Waals surface area contributed by atoms with Crippen LogP contribution >= 0.6 is 27.5 Å². The number of carbonyl (C=O) groups is 2. The summed E-state index contributed by atoms with van der Waals surface area (Å²) in [5.74, 6) is -1.41. The van der Waals surface area contributed by atoms with Crippen molar-refractivity contribution in [3.63, 3.8) is 0 Å². The highest BCUT2D eigenvalue weighted by atomic mass is 79.9. The number of amides is 1. The van der Waals surface area contributed by atoms with Crippen LogP contribution in [-0.4, -0.2) is 52.8 Å². The van der Waals surface area contributed by atoms with E-state index in [2.05, 4.69) is 34.7 Å². The third kappa shape index (κ3) is 6.96. The Morgan fingerprint density at radius 3 is 2.23 bits per heavy atom. The monoisotopic (exact) mass is 560 g/mol. The second-order valence-electron chi connectivity index (χ2n) is 8.96. The summed E-state index contributed by atoms with van der Waals surface area (Å²) in [7, 11) is 0. The standard InChI is InChI=1S/C28H34BrClN2O3/c1-3-5-15-31(16-6-4-2)17-8-18-32-25(21-9-7-10-22(29)19-21)24(27(34)28(32)35)26(33)20-11-13-23(30)14-12-20/h7,9-14,19,25,33H,3-6,8,15-18H2,1-2H3/t25-/m0/s1. The average molecular weight is 562 g/mol. The summed E-state index contributed by atoms with van der Waals surface area (Å²) in [6.45, 7) is 7.77. The summed E-state index contributed by atoms with van der Waals surface area (Å²) in [6.07, 6.45) is 5.34. The van der Waals surface area contributed by atoms with E-state index in [4.69, 9.17) is 11.6 Å². The molecule has 1 heterocycles. The zero-order valence-electron chi connectivity index (χ0n) is 20.5. The molecule has 188 valence electrons. The molecule has 0 spiro atoms. The van der Waals surface area contributed by atoms with Gasteiger partial charge >= 0.3 is 0 Å². The first kappa shape index (κ1) is 27.4.